The van der Waals surface area contributed by atoms with E-state index < -0.39 is 7.26 Å². The summed E-state index contributed by atoms with van der Waals surface area (Å²) in [6.45, 7) is 9.49. The van der Waals surface area contributed by atoms with Gasteiger partial charge < -0.3 is 0 Å². The van der Waals surface area contributed by atoms with Crippen molar-refractivity contribution in [3.05, 3.63) is 0 Å². The van der Waals surface area contributed by atoms with E-state index in [1.807, 2.05) is 0 Å². The molecule has 0 rings (SSSR count). The second-order valence-electron chi connectivity index (χ2n) is 15.1. The van der Waals surface area contributed by atoms with Crippen LogP contribution in [0.4, 0.5) is 0 Å². The van der Waals surface area contributed by atoms with Crippen LogP contribution in [0.15, 0.2) is 0 Å². The molecule has 0 aliphatic rings. The van der Waals surface area contributed by atoms with E-state index >= 15 is 0 Å². The van der Waals surface area contributed by atoms with Gasteiger partial charge in [-0.05, 0) is 0 Å². The van der Waals surface area contributed by atoms with Gasteiger partial charge in [0.05, 0.1) is 0 Å². The third-order valence-corrected chi connectivity index (χ3v) is 16.5. The zero-order valence-electron chi connectivity index (χ0n) is 31.4. The molecule has 0 aromatic heterocycles. The van der Waals surface area contributed by atoms with E-state index in [-0.39, 0.29) is 0 Å². The average Bonchev–Trinajstić information content (AvgIpc) is 3.01. The zero-order valence-corrected chi connectivity index (χ0v) is 32.4. The van der Waals surface area contributed by atoms with Crippen molar-refractivity contribution < 1.29 is 0 Å². The molecule has 0 aromatic carbocycles. The Labute approximate surface area is 277 Å². The van der Waals surface area contributed by atoms with Gasteiger partial charge in [-0.25, -0.2) is 0 Å². The van der Waals surface area contributed by atoms with Crippen LogP contribution in [0.5, 0.6) is 0 Å². The molecule has 0 N–H and O–H groups in total. The molecule has 0 atom stereocenters. The summed E-state index contributed by atoms with van der Waals surface area (Å²) in [7, 11) is -1.08. The third kappa shape index (κ3) is 32.2. The van der Waals surface area contributed by atoms with E-state index in [4.69, 9.17) is 0 Å². The maximum absolute atomic E-state index is 2.50. The Kier molecular flexibility index (Phi) is 37.3. The predicted molar refractivity (Wildman–Crippen MR) is 207 cm³/mol. The van der Waals surface area contributed by atoms with Crippen molar-refractivity contribution in [2.24, 2.45) is 0 Å². The van der Waals surface area contributed by atoms with Gasteiger partial charge in [0.15, 0.2) is 0 Å². The first-order chi connectivity index (χ1) is 21.2. The molecule has 0 spiro atoms. The Balaban J connectivity index is 4.35. The fraction of sp³-hybridized carbons (Fsp3) is 1.00. The van der Waals surface area contributed by atoms with Gasteiger partial charge in [0, 0.05) is 0 Å². The summed E-state index contributed by atoms with van der Waals surface area (Å²) in [5, 5.41) is 0. The monoisotopic (exact) mass is 625 g/mol. The van der Waals surface area contributed by atoms with Gasteiger partial charge in [-0.15, -0.1) is 0 Å². The summed E-state index contributed by atoms with van der Waals surface area (Å²) in [6.07, 6.45) is 57.3. The molecule has 0 heterocycles. The summed E-state index contributed by atoms with van der Waals surface area (Å²) in [4.78, 5) is 0. The van der Waals surface area contributed by atoms with Gasteiger partial charge in [-0.2, -0.15) is 0 Å². The Hall–Kier alpha value is 0.430. The van der Waals surface area contributed by atoms with Crippen molar-refractivity contribution in [1.82, 2.24) is 0 Å². The second-order valence-corrected chi connectivity index (χ2v) is 20.1. The van der Waals surface area contributed by atoms with E-state index in [1.165, 1.54) is 199 Å². The fourth-order valence-electron chi connectivity index (χ4n) is 7.77. The summed E-state index contributed by atoms with van der Waals surface area (Å²) in [6, 6.07) is 0. The van der Waals surface area contributed by atoms with Crippen molar-refractivity contribution in [3.63, 3.8) is 0 Å². The Morgan fingerprint density at radius 3 is 0.558 bits per heavy atom. The number of rotatable bonds is 38. The molecule has 0 saturated heterocycles. The molecular formula is C42H89P. The molecule has 0 nitrogen and oxygen atoms in total. The van der Waals surface area contributed by atoms with Gasteiger partial charge in [-0.1, -0.05) is 20.8 Å². The van der Waals surface area contributed by atoms with Crippen LogP contribution in [0, 0.1) is 0 Å². The molecule has 0 bridgehead atoms. The van der Waals surface area contributed by atoms with Crippen LogP contribution in [0.2, 0.25) is 0 Å². The molecule has 0 radical (unpaired) electrons. The minimum atomic E-state index is -1.08. The number of hydrogen-bond acceptors (Lipinski definition) is 0. The van der Waals surface area contributed by atoms with Gasteiger partial charge in [-0.3, -0.25) is 0 Å². The van der Waals surface area contributed by atoms with E-state index in [0.29, 0.717) is 0 Å². The first kappa shape index (κ1) is 43.4. The van der Waals surface area contributed by atoms with Crippen LogP contribution >= 0.6 is 7.26 Å². The molecule has 1 heteroatoms. The van der Waals surface area contributed by atoms with E-state index in [0.717, 1.165) is 0 Å². The molecule has 0 aliphatic heterocycles. The summed E-state index contributed by atoms with van der Waals surface area (Å²) in [5.41, 5.74) is 0. The standard InChI is InChI=1S/C42H89P/c1-5-9-12-15-18-21-24-27-30-33-36-40-43(39-8-4,41-37-34-31-28-25-22-19-16-13-10-6-2)42-38-35-32-29-26-23-20-17-14-11-7-3/h43H,5-42H2,1-4H3. The molecule has 262 valence electrons. The Morgan fingerprint density at radius 1 is 0.186 bits per heavy atom. The molecule has 0 fully saturated rings. The summed E-state index contributed by atoms with van der Waals surface area (Å²) >= 11 is 0. The second kappa shape index (κ2) is 36.9. The Bertz CT molecular complexity index is 421. The first-order valence-corrected chi connectivity index (χ1v) is 24.1. The molecular weight excluding hydrogens is 535 g/mol. The minimum Gasteiger partial charge on any atom is -0.0654 e. The molecule has 43 heavy (non-hydrogen) atoms. The van der Waals surface area contributed by atoms with Gasteiger partial charge in [0.2, 0.25) is 0 Å². The SMILES string of the molecule is CCCCCCCCCCCCC[PH](CCC)(CCCCCCCCCCCCC)CCCCCCCCCCCCC. The predicted octanol–water partition coefficient (Wildman–Crippen LogP) is 16.1. The molecule has 0 aliphatic carbocycles. The zero-order chi connectivity index (χ0) is 31.4. The average molecular weight is 625 g/mol. The van der Waals surface area contributed by atoms with Crippen molar-refractivity contribution >= 4 is 7.26 Å². The molecule has 0 saturated carbocycles. The summed E-state index contributed by atoms with van der Waals surface area (Å²) < 4.78 is 0. The number of hydrogen-bond donors (Lipinski definition) is 0. The number of unbranched alkanes of at least 4 members (excludes halogenated alkanes) is 30. The van der Waals surface area contributed by atoms with Crippen LogP contribution < -0.4 is 0 Å². The van der Waals surface area contributed by atoms with Gasteiger partial charge in [0.1, 0.15) is 0 Å². The third-order valence-electron chi connectivity index (χ3n) is 10.7. The van der Waals surface area contributed by atoms with Crippen LogP contribution in [0.3, 0.4) is 0 Å². The molecule has 0 unspecified atom stereocenters. The van der Waals surface area contributed by atoms with Crippen molar-refractivity contribution in [1.29, 1.82) is 0 Å². The fourth-order valence-corrected chi connectivity index (χ4v) is 13.3. The first-order valence-electron chi connectivity index (χ1n) is 21.2. The maximum atomic E-state index is 2.50. The smallest absolute Gasteiger partial charge is 0.0654 e. The van der Waals surface area contributed by atoms with Crippen LogP contribution in [-0.2, 0) is 0 Å². The normalized spacial score (nSPS) is 12.4. The van der Waals surface area contributed by atoms with Gasteiger partial charge >= 0.3 is 257 Å². The van der Waals surface area contributed by atoms with Crippen molar-refractivity contribution in [2.75, 3.05) is 24.6 Å². The quantitative estimate of drug-likeness (QED) is 0.0473. The van der Waals surface area contributed by atoms with E-state index in [2.05, 4.69) is 27.7 Å². The minimum absolute atomic E-state index is 1.08. The van der Waals surface area contributed by atoms with Gasteiger partial charge in [0.25, 0.3) is 0 Å². The molecule has 0 aromatic rings. The molecule has 0 amide bonds. The van der Waals surface area contributed by atoms with Crippen LogP contribution in [-0.4, -0.2) is 24.6 Å². The summed E-state index contributed by atoms with van der Waals surface area (Å²) in [5.74, 6) is 0. The van der Waals surface area contributed by atoms with Crippen molar-refractivity contribution in [3.8, 4) is 0 Å². The van der Waals surface area contributed by atoms with E-state index in [1.54, 1.807) is 43.9 Å². The van der Waals surface area contributed by atoms with E-state index in [9.17, 15) is 0 Å². The topological polar surface area (TPSA) is 0 Å². The van der Waals surface area contributed by atoms with Crippen LogP contribution in [0.25, 0.3) is 0 Å². The Morgan fingerprint density at radius 2 is 0.372 bits per heavy atom. The van der Waals surface area contributed by atoms with Crippen molar-refractivity contribution in [2.45, 2.75) is 246 Å². The van der Waals surface area contributed by atoms with Crippen LogP contribution in [0.1, 0.15) is 246 Å².